The highest BCUT2D eigenvalue weighted by Crippen LogP contribution is 2.20. The molecule has 0 aliphatic carbocycles. The summed E-state index contributed by atoms with van der Waals surface area (Å²) in [6, 6.07) is 0.213. The number of aliphatic hydroxyl groups excluding tert-OH is 1. The average molecular weight is 226 g/mol. The van der Waals surface area contributed by atoms with Gasteiger partial charge in [-0.15, -0.1) is 0 Å². The highest BCUT2D eigenvalue weighted by molar-refractivity contribution is 5.26. The molecule has 0 aliphatic heterocycles. The molecule has 0 bridgehead atoms. The Bertz CT molecular complexity index is 334. The van der Waals surface area contributed by atoms with Gasteiger partial charge >= 0.3 is 0 Å². The van der Waals surface area contributed by atoms with Crippen LogP contribution >= 0.6 is 0 Å². The van der Waals surface area contributed by atoms with Crippen LogP contribution in [0.4, 0.5) is 0 Å². The molecule has 1 unspecified atom stereocenters. The molecule has 0 saturated carbocycles. The lowest BCUT2D eigenvalue weighted by atomic mass is 10.1. The lowest BCUT2D eigenvalue weighted by molar-refractivity contribution is 0.155. The van der Waals surface area contributed by atoms with Crippen molar-refractivity contribution in [3.05, 3.63) is 17.0 Å². The van der Waals surface area contributed by atoms with E-state index < -0.39 is 0 Å². The maximum Gasteiger partial charge on any atom is 0.0727 e. The molecule has 1 aromatic rings. The zero-order valence-electron chi connectivity index (χ0n) is 10.7. The van der Waals surface area contributed by atoms with Crippen molar-refractivity contribution in [1.29, 1.82) is 0 Å². The van der Waals surface area contributed by atoms with Crippen molar-refractivity contribution in [1.82, 2.24) is 9.78 Å². The van der Waals surface area contributed by atoms with Gasteiger partial charge in [0.1, 0.15) is 0 Å². The summed E-state index contributed by atoms with van der Waals surface area (Å²) in [6.45, 7) is 6.95. The van der Waals surface area contributed by atoms with Crippen LogP contribution in [-0.2, 0) is 24.2 Å². The summed E-state index contributed by atoms with van der Waals surface area (Å²) in [5.41, 5.74) is 3.12. The first-order chi connectivity index (χ1) is 7.69. The molecule has 4 heteroatoms. The molecule has 1 heterocycles. The minimum Gasteiger partial charge on any atom is -0.392 e. The van der Waals surface area contributed by atoms with Crippen LogP contribution in [0, 0.1) is 0 Å². The van der Waals surface area contributed by atoms with Crippen LogP contribution < -0.4 is 0 Å². The largest absolute Gasteiger partial charge is 0.392 e. The normalized spacial score (nSPS) is 13.1. The van der Waals surface area contributed by atoms with E-state index in [1.807, 2.05) is 4.68 Å². The number of nitrogens with zero attached hydrogens (tertiary/aromatic N) is 2. The molecule has 0 saturated heterocycles. The van der Waals surface area contributed by atoms with Crippen molar-refractivity contribution in [2.45, 2.75) is 46.3 Å². The highest BCUT2D eigenvalue weighted by Gasteiger charge is 2.17. The van der Waals surface area contributed by atoms with Crippen LogP contribution in [0.1, 0.15) is 43.8 Å². The fourth-order valence-electron chi connectivity index (χ4n) is 2.07. The van der Waals surface area contributed by atoms with E-state index in [4.69, 9.17) is 4.74 Å². The summed E-state index contributed by atoms with van der Waals surface area (Å²) in [5, 5.41) is 14.0. The zero-order valence-corrected chi connectivity index (χ0v) is 10.7. The second kappa shape index (κ2) is 6.01. The minimum absolute atomic E-state index is 0.0754. The summed E-state index contributed by atoms with van der Waals surface area (Å²) in [5.74, 6) is 0. The highest BCUT2D eigenvalue weighted by atomic mass is 16.5. The van der Waals surface area contributed by atoms with E-state index in [9.17, 15) is 5.11 Å². The van der Waals surface area contributed by atoms with Gasteiger partial charge < -0.3 is 9.84 Å². The second-order valence-electron chi connectivity index (χ2n) is 3.99. The molecule has 0 aromatic carbocycles. The molecule has 1 N–H and O–H groups in total. The van der Waals surface area contributed by atoms with Crippen molar-refractivity contribution in [3.8, 4) is 0 Å². The van der Waals surface area contributed by atoms with Gasteiger partial charge in [0.2, 0.25) is 0 Å². The van der Waals surface area contributed by atoms with Crippen LogP contribution in [0.2, 0.25) is 0 Å². The number of rotatable bonds is 6. The Kier molecular flexibility index (Phi) is 4.96. The molecule has 0 radical (unpaired) electrons. The molecule has 0 fully saturated rings. The Morgan fingerprint density at radius 1 is 1.38 bits per heavy atom. The van der Waals surface area contributed by atoms with E-state index in [1.54, 1.807) is 7.11 Å². The average Bonchev–Trinajstić information content (AvgIpc) is 2.66. The standard InChI is InChI=1S/C12H22N2O2/c1-5-11-10(7-15)12(6-2)14(13-11)9(3)8-16-4/h9,15H,5-8H2,1-4H3. The SMILES string of the molecule is CCc1nn(C(C)COC)c(CC)c1CO. The summed E-state index contributed by atoms with van der Waals surface area (Å²) in [6.07, 6.45) is 1.74. The topological polar surface area (TPSA) is 47.3 Å². The molecular formula is C12H22N2O2. The minimum atomic E-state index is 0.0754. The number of aromatic nitrogens is 2. The third kappa shape index (κ3) is 2.44. The molecule has 16 heavy (non-hydrogen) atoms. The Labute approximate surface area is 97.2 Å². The van der Waals surface area contributed by atoms with Gasteiger partial charge in [-0.2, -0.15) is 5.10 Å². The first-order valence-corrected chi connectivity index (χ1v) is 5.88. The fourth-order valence-corrected chi connectivity index (χ4v) is 2.07. The molecule has 4 nitrogen and oxygen atoms in total. The summed E-state index contributed by atoms with van der Waals surface area (Å²) < 4.78 is 7.14. The quantitative estimate of drug-likeness (QED) is 0.803. The molecule has 0 amide bonds. The summed E-state index contributed by atoms with van der Waals surface area (Å²) in [4.78, 5) is 0. The predicted molar refractivity (Wildman–Crippen MR) is 63.5 cm³/mol. The van der Waals surface area contributed by atoms with Gasteiger partial charge in [-0.1, -0.05) is 13.8 Å². The number of aliphatic hydroxyl groups is 1. The van der Waals surface area contributed by atoms with Crippen molar-refractivity contribution in [2.75, 3.05) is 13.7 Å². The van der Waals surface area contributed by atoms with Gasteiger partial charge in [-0.05, 0) is 19.8 Å². The number of hydrogen-bond donors (Lipinski definition) is 1. The molecule has 1 rings (SSSR count). The second-order valence-corrected chi connectivity index (χ2v) is 3.99. The lowest BCUT2D eigenvalue weighted by Gasteiger charge is -2.14. The third-order valence-electron chi connectivity index (χ3n) is 2.85. The molecule has 0 aliphatic rings. The lowest BCUT2D eigenvalue weighted by Crippen LogP contribution is -2.15. The van der Waals surface area contributed by atoms with Crippen molar-refractivity contribution < 1.29 is 9.84 Å². The van der Waals surface area contributed by atoms with Gasteiger partial charge in [0.15, 0.2) is 0 Å². The monoisotopic (exact) mass is 226 g/mol. The first-order valence-electron chi connectivity index (χ1n) is 5.88. The smallest absolute Gasteiger partial charge is 0.0727 e. The van der Waals surface area contributed by atoms with E-state index in [0.717, 1.165) is 29.8 Å². The number of methoxy groups -OCH3 is 1. The Morgan fingerprint density at radius 3 is 2.50 bits per heavy atom. The molecule has 1 aromatic heterocycles. The van der Waals surface area contributed by atoms with Gasteiger partial charge in [-0.25, -0.2) is 0 Å². The fraction of sp³-hybridized carbons (Fsp3) is 0.750. The Balaban J connectivity index is 3.12. The van der Waals surface area contributed by atoms with E-state index in [-0.39, 0.29) is 12.6 Å². The van der Waals surface area contributed by atoms with E-state index >= 15 is 0 Å². The molecule has 0 spiro atoms. The van der Waals surface area contributed by atoms with Crippen LogP contribution in [0.5, 0.6) is 0 Å². The van der Waals surface area contributed by atoms with E-state index in [2.05, 4.69) is 25.9 Å². The maximum absolute atomic E-state index is 9.40. The predicted octanol–water partition coefficient (Wildman–Crippen LogP) is 1.71. The number of ether oxygens (including phenoxy) is 1. The maximum atomic E-state index is 9.40. The van der Waals surface area contributed by atoms with Gasteiger partial charge in [-0.3, -0.25) is 4.68 Å². The van der Waals surface area contributed by atoms with Crippen LogP contribution in [0.15, 0.2) is 0 Å². The van der Waals surface area contributed by atoms with Gasteiger partial charge in [0.05, 0.1) is 24.9 Å². The molecule has 92 valence electrons. The van der Waals surface area contributed by atoms with Crippen molar-refractivity contribution >= 4 is 0 Å². The molecular weight excluding hydrogens is 204 g/mol. The van der Waals surface area contributed by atoms with Crippen molar-refractivity contribution in [2.24, 2.45) is 0 Å². The number of hydrogen-bond acceptors (Lipinski definition) is 3. The third-order valence-corrected chi connectivity index (χ3v) is 2.85. The van der Waals surface area contributed by atoms with Gasteiger partial charge in [0.25, 0.3) is 0 Å². The summed E-state index contributed by atoms with van der Waals surface area (Å²) >= 11 is 0. The van der Waals surface area contributed by atoms with Crippen LogP contribution in [0.3, 0.4) is 0 Å². The van der Waals surface area contributed by atoms with Crippen LogP contribution in [-0.4, -0.2) is 28.6 Å². The summed E-state index contributed by atoms with van der Waals surface area (Å²) in [7, 11) is 1.69. The van der Waals surface area contributed by atoms with Crippen molar-refractivity contribution in [3.63, 3.8) is 0 Å². The first kappa shape index (κ1) is 13.2. The Morgan fingerprint density at radius 2 is 2.06 bits per heavy atom. The van der Waals surface area contributed by atoms with E-state index in [1.165, 1.54) is 0 Å². The number of aryl methyl sites for hydroxylation is 1. The van der Waals surface area contributed by atoms with E-state index in [0.29, 0.717) is 6.61 Å². The Hall–Kier alpha value is -0.870. The zero-order chi connectivity index (χ0) is 12.1. The molecule has 1 atom stereocenters. The van der Waals surface area contributed by atoms with Gasteiger partial charge in [0, 0.05) is 18.4 Å². The van der Waals surface area contributed by atoms with Crippen LogP contribution in [0.25, 0.3) is 0 Å².